The lowest BCUT2D eigenvalue weighted by Gasteiger charge is -2.35. The molecule has 3 fully saturated rings. The van der Waals surface area contributed by atoms with Gasteiger partial charge in [-0.3, -0.25) is 14.8 Å². The zero-order valence-corrected chi connectivity index (χ0v) is 22.6. The van der Waals surface area contributed by atoms with Crippen LogP contribution in [0.25, 0.3) is 0 Å². The number of aromatic nitrogens is 2. The van der Waals surface area contributed by atoms with Crippen molar-refractivity contribution in [1.29, 1.82) is 0 Å². The fourth-order valence-corrected chi connectivity index (χ4v) is 7.28. The van der Waals surface area contributed by atoms with Crippen LogP contribution in [0.2, 0.25) is 0 Å². The first-order valence-electron chi connectivity index (χ1n) is 14.6. The molecule has 3 aliphatic rings. The summed E-state index contributed by atoms with van der Waals surface area (Å²) in [6.07, 6.45) is 4.60. The predicted octanol–water partition coefficient (Wildman–Crippen LogP) is 5.82. The molecule has 9 heteroatoms. The highest BCUT2D eigenvalue weighted by Crippen LogP contribution is 2.39. The number of aryl methyl sites for hydroxylation is 1. The van der Waals surface area contributed by atoms with Crippen molar-refractivity contribution in [1.82, 2.24) is 20.0 Å². The molecule has 2 N–H and O–H groups in total. The van der Waals surface area contributed by atoms with Gasteiger partial charge in [0.1, 0.15) is 6.04 Å². The van der Waals surface area contributed by atoms with Crippen LogP contribution in [0.5, 0.6) is 0 Å². The Morgan fingerprint density at radius 3 is 2.41 bits per heavy atom. The maximum atomic E-state index is 12.8. The smallest absolute Gasteiger partial charge is 0.435 e. The van der Waals surface area contributed by atoms with E-state index in [2.05, 4.69) is 44.3 Å². The molecule has 0 bridgehead atoms. The summed E-state index contributed by atoms with van der Waals surface area (Å²) in [6.45, 7) is 4.52. The Morgan fingerprint density at radius 2 is 1.77 bits per heavy atom. The van der Waals surface area contributed by atoms with Gasteiger partial charge in [0, 0.05) is 31.2 Å². The summed E-state index contributed by atoms with van der Waals surface area (Å²) in [5, 5.41) is 16.2. The number of rotatable bonds is 9. The van der Waals surface area contributed by atoms with Crippen LogP contribution >= 0.6 is 0 Å². The minimum absolute atomic E-state index is 0.240. The van der Waals surface area contributed by atoms with Gasteiger partial charge in [0.2, 0.25) is 0 Å². The molecule has 1 aromatic heterocycles. The molecule has 0 spiro atoms. The van der Waals surface area contributed by atoms with Crippen molar-refractivity contribution in [3.8, 4) is 0 Å². The number of hydrogen-bond donors (Lipinski definition) is 2. The number of benzene rings is 1. The standard InChI is InChI=1S/C30H41F3N4O2/c31-30(32,33)27-17-25(34-35-27)12-11-21-13-15-36(16-14-21)18-24-19-37(20-26(24)22-7-3-1-4-8-22)28(29(38)39)23-9-5-2-6-10-23/h1,3-4,7-8,17,21,23-24,26,28H,2,5-6,9-16,18-20H2,(H,34,35)(H,38,39)/t24-,26+,28+/m0/s1. The van der Waals surface area contributed by atoms with E-state index in [4.69, 9.17) is 0 Å². The van der Waals surface area contributed by atoms with Crippen molar-refractivity contribution in [2.24, 2.45) is 17.8 Å². The summed E-state index contributed by atoms with van der Waals surface area (Å²) in [4.78, 5) is 17.3. The Labute approximate surface area is 229 Å². The van der Waals surface area contributed by atoms with Gasteiger partial charge in [0.15, 0.2) is 5.69 Å². The zero-order chi connectivity index (χ0) is 27.4. The number of piperidine rings is 1. The topological polar surface area (TPSA) is 72.5 Å². The summed E-state index contributed by atoms with van der Waals surface area (Å²) in [7, 11) is 0. The van der Waals surface area contributed by atoms with E-state index in [1.54, 1.807) is 0 Å². The summed E-state index contributed by atoms with van der Waals surface area (Å²) in [5.74, 6) is 0.753. The van der Waals surface area contributed by atoms with Crippen molar-refractivity contribution in [2.75, 3.05) is 32.7 Å². The van der Waals surface area contributed by atoms with Gasteiger partial charge in [-0.25, -0.2) is 0 Å². The summed E-state index contributed by atoms with van der Waals surface area (Å²) in [6, 6.07) is 11.3. The molecule has 0 unspecified atom stereocenters. The molecule has 0 radical (unpaired) electrons. The Bertz CT molecular complexity index is 1060. The highest BCUT2D eigenvalue weighted by Gasteiger charge is 2.43. The van der Waals surface area contributed by atoms with Gasteiger partial charge < -0.3 is 10.0 Å². The van der Waals surface area contributed by atoms with Gasteiger partial charge in [-0.05, 0) is 81.0 Å². The largest absolute Gasteiger partial charge is 0.480 e. The monoisotopic (exact) mass is 546 g/mol. The normalized spacial score (nSPS) is 25.2. The van der Waals surface area contributed by atoms with Crippen LogP contribution in [0.3, 0.4) is 0 Å². The summed E-state index contributed by atoms with van der Waals surface area (Å²) < 4.78 is 38.5. The number of halogens is 3. The Balaban J connectivity index is 1.18. The molecule has 6 nitrogen and oxygen atoms in total. The number of likely N-dealkylation sites (tertiary alicyclic amines) is 2. The molecular weight excluding hydrogens is 505 g/mol. The number of nitrogens with one attached hydrogen (secondary N) is 1. The average Bonchev–Trinajstić information content (AvgIpc) is 3.57. The predicted molar refractivity (Wildman–Crippen MR) is 143 cm³/mol. The van der Waals surface area contributed by atoms with Crippen molar-refractivity contribution in [2.45, 2.75) is 75.9 Å². The Hall–Kier alpha value is -2.39. The molecule has 2 aliphatic heterocycles. The number of carbonyl (C=O) groups is 1. The number of carboxylic acids is 1. The van der Waals surface area contributed by atoms with Crippen molar-refractivity contribution >= 4 is 5.97 Å². The molecule has 1 aromatic carbocycles. The van der Waals surface area contributed by atoms with Gasteiger partial charge in [-0.15, -0.1) is 0 Å². The van der Waals surface area contributed by atoms with Crippen LogP contribution in [-0.2, 0) is 17.4 Å². The number of nitrogens with zero attached hydrogens (tertiary/aromatic N) is 3. The number of aliphatic carboxylic acids is 1. The molecule has 1 aliphatic carbocycles. The maximum absolute atomic E-state index is 12.8. The second-order valence-electron chi connectivity index (χ2n) is 12.0. The second-order valence-corrected chi connectivity index (χ2v) is 12.0. The minimum Gasteiger partial charge on any atom is -0.480 e. The molecular formula is C30H41F3N4O2. The molecule has 214 valence electrons. The first-order valence-corrected chi connectivity index (χ1v) is 14.6. The molecule has 5 rings (SSSR count). The van der Waals surface area contributed by atoms with E-state index in [1.807, 2.05) is 6.07 Å². The third-order valence-electron chi connectivity index (χ3n) is 9.38. The molecule has 3 heterocycles. The molecule has 1 saturated carbocycles. The molecule has 2 aromatic rings. The lowest BCUT2D eigenvalue weighted by Crippen LogP contribution is -2.46. The summed E-state index contributed by atoms with van der Waals surface area (Å²) in [5.41, 5.74) is 0.998. The van der Waals surface area contributed by atoms with E-state index in [0.29, 0.717) is 29.9 Å². The highest BCUT2D eigenvalue weighted by molar-refractivity contribution is 5.74. The quantitative estimate of drug-likeness (QED) is 0.415. The van der Waals surface area contributed by atoms with Gasteiger partial charge >= 0.3 is 12.1 Å². The van der Waals surface area contributed by atoms with Crippen LogP contribution in [0.1, 0.15) is 74.2 Å². The zero-order valence-electron chi connectivity index (χ0n) is 22.6. The van der Waals surface area contributed by atoms with E-state index in [0.717, 1.165) is 83.7 Å². The van der Waals surface area contributed by atoms with Gasteiger partial charge in [-0.2, -0.15) is 18.3 Å². The van der Waals surface area contributed by atoms with Crippen molar-refractivity contribution in [3.05, 3.63) is 53.3 Å². The van der Waals surface area contributed by atoms with E-state index >= 15 is 0 Å². The Kier molecular flexibility index (Phi) is 8.96. The van der Waals surface area contributed by atoms with Crippen LogP contribution in [0.4, 0.5) is 13.2 Å². The van der Waals surface area contributed by atoms with Gasteiger partial charge in [0.25, 0.3) is 0 Å². The van der Waals surface area contributed by atoms with E-state index in [1.165, 1.54) is 12.0 Å². The van der Waals surface area contributed by atoms with E-state index < -0.39 is 23.9 Å². The lowest BCUT2D eigenvalue weighted by atomic mass is 9.83. The number of H-pyrrole nitrogens is 1. The van der Waals surface area contributed by atoms with Crippen LogP contribution < -0.4 is 0 Å². The fourth-order valence-electron chi connectivity index (χ4n) is 7.28. The van der Waals surface area contributed by atoms with Crippen molar-refractivity contribution < 1.29 is 23.1 Å². The Morgan fingerprint density at radius 1 is 1.05 bits per heavy atom. The number of carboxylic acid groups (broad SMARTS) is 1. The van der Waals surface area contributed by atoms with Gasteiger partial charge in [-0.1, -0.05) is 49.6 Å². The summed E-state index contributed by atoms with van der Waals surface area (Å²) >= 11 is 0. The maximum Gasteiger partial charge on any atom is 0.435 e. The van der Waals surface area contributed by atoms with Crippen LogP contribution in [0, 0.1) is 17.8 Å². The third kappa shape index (κ3) is 7.04. The average molecular weight is 547 g/mol. The van der Waals surface area contributed by atoms with Crippen LogP contribution in [0.15, 0.2) is 36.4 Å². The minimum atomic E-state index is -4.41. The van der Waals surface area contributed by atoms with Gasteiger partial charge in [0.05, 0.1) is 0 Å². The highest BCUT2D eigenvalue weighted by atomic mass is 19.4. The number of aromatic amines is 1. The second kappa shape index (κ2) is 12.4. The number of hydrogen-bond acceptors (Lipinski definition) is 4. The number of alkyl halides is 3. The molecule has 0 amide bonds. The van der Waals surface area contributed by atoms with E-state index in [9.17, 15) is 23.1 Å². The SMILES string of the molecule is O=C(O)[C@@H](C1CCCCC1)N1C[C@H](CN2CCC(CCc3cc(C(F)(F)F)n[nH]3)CC2)[C@@H](c2ccccc2)C1. The molecule has 2 saturated heterocycles. The first-order chi connectivity index (χ1) is 18.8. The molecule has 39 heavy (non-hydrogen) atoms. The van der Waals surface area contributed by atoms with E-state index in [-0.39, 0.29) is 5.92 Å². The van der Waals surface area contributed by atoms with Crippen molar-refractivity contribution in [3.63, 3.8) is 0 Å². The lowest BCUT2D eigenvalue weighted by molar-refractivity contribution is -0.145. The fraction of sp³-hybridized carbons (Fsp3) is 0.667. The first kappa shape index (κ1) is 28.1. The molecule has 3 atom stereocenters. The third-order valence-corrected chi connectivity index (χ3v) is 9.38. The van der Waals surface area contributed by atoms with Crippen LogP contribution in [-0.4, -0.2) is 69.8 Å².